The third-order valence-electron chi connectivity index (χ3n) is 4.00. The van der Waals surface area contributed by atoms with Gasteiger partial charge in [0.2, 0.25) is 0 Å². The lowest BCUT2D eigenvalue weighted by molar-refractivity contribution is 0.102. The number of hydrogen-bond acceptors (Lipinski definition) is 5. The summed E-state index contributed by atoms with van der Waals surface area (Å²) >= 11 is 0. The third-order valence-corrected chi connectivity index (χ3v) is 4.52. The maximum absolute atomic E-state index is 12.9. The minimum atomic E-state index is -3.94. The molecule has 0 unspecified atom stereocenters. The number of nitrogens with zero attached hydrogens (tertiary/aromatic N) is 2. The van der Waals surface area contributed by atoms with Crippen molar-refractivity contribution in [2.75, 3.05) is 10.0 Å². The highest BCUT2D eigenvalue weighted by Gasteiger charge is 2.17. The Morgan fingerprint density at radius 2 is 1.76 bits per heavy atom. The van der Waals surface area contributed by atoms with E-state index >= 15 is 0 Å². The summed E-state index contributed by atoms with van der Waals surface area (Å²) in [5.41, 5.74) is 0.389. The molecule has 0 radical (unpaired) electrons. The van der Waals surface area contributed by atoms with Crippen molar-refractivity contribution in [3.05, 3.63) is 64.6 Å². The number of benzene rings is 2. The van der Waals surface area contributed by atoms with Crippen LogP contribution in [0.4, 0.5) is 11.4 Å². The number of amides is 1. The topological polar surface area (TPSA) is 136 Å². The molecule has 29 heavy (non-hydrogen) atoms. The van der Waals surface area contributed by atoms with Crippen molar-refractivity contribution in [3.63, 3.8) is 0 Å². The number of hydrogen-bond donors (Lipinski definition) is 3. The Balaban J connectivity index is 2.00. The maximum Gasteiger partial charge on any atom is 0.296 e. The zero-order chi connectivity index (χ0) is 21.2. The molecule has 0 aliphatic heterocycles. The van der Waals surface area contributed by atoms with Gasteiger partial charge >= 0.3 is 0 Å². The molecule has 0 spiro atoms. The smallest absolute Gasteiger partial charge is 0.296 e. The van der Waals surface area contributed by atoms with Gasteiger partial charge in [-0.15, -0.1) is 0 Å². The first kappa shape index (κ1) is 20.5. The number of carbonyl (C=O) groups is 1. The zero-order valence-electron chi connectivity index (χ0n) is 15.9. The number of anilines is 2. The highest BCUT2D eigenvalue weighted by molar-refractivity contribution is 7.90. The largest absolute Gasteiger partial charge is 0.321 e. The Hall–Kier alpha value is -3.24. The third kappa shape index (κ3) is 4.98. The lowest BCUT2D eigenvalue weighted by Crippen LogP contribution is -2.29. The number of carbonyl (C=O) groups excluding carboxylic acids is 1. The molecule has 1 heterocycles. The summed E-state index contributed by atoms with van der Waals surface area (Å²) in [7, 11) is -3.94. The molecule has 0 aliphatic rings. The average molecular weight is 415 g/mol. The van der Waals surface area contributed by atoms with Crippen LogP contribution in [0.25, 0.3) is 10.8 Å². The van der Waals surface area contributed by atoms with Gasteiger partial charge in [0, 0.05) is 17.6 Å². The van der Waals surface area contributed by atoms with E-state index in [0.717, 1.165) is 0 Å². The lowest BCUT2D eigenvalue weighted by atomic mass is 10.1. The first-order valence-electron chi connectivity index (χ1n) is 8.86. The van der Waals surface area contributed by atoms with Crippen LogP contribution in [0.15, 0.2) is 53.3 Å². The molecule has 2 aromatic carbocycles. The van der Waals surface area contributed by atoms with Gasteiger partial charge in [0.25, 0.3) is 21.7 Å². The molecule has 3 aromatic rings. The van der Waals surface area contributed by atoms with Crippen LogP contribution in [0.2, 0.25) is 0 Å². The molecule has 0 atom stereocenters. The molecule has 4 N–H and O–H groups in total. The molecule has 0 aliphatic carbocycles. The van der Waals surface area contributed by atoms with Crippen LogP contribution in [0.1, 0.15) is 24.3 Å². The second-order valence-electron chi connectivity index (χ2n) is 6.96. The fourth-order valence-corrected chi connectivity index (χ4v) is 3.34. The van der Waals surface area contributed by atoms with Gasteiger partial charge in [-0.1, -0.05) is 38.1 Å². The predicted octanol–water partition coefficient (Wildman–Crippen LogP) is 1.92. The molecule has 0 fully saturated rings. The number of fused-ring (bicyclic) bond motifs is 1. The second-order valence-corrected chi connectivity index (χ2v) is 8.25. The molecule has 9 nitrogen and oxygen atoms in total. The van der Waals surface area contributed by atoms with E-state index in [1.807, 2.05) is 13.8 Å². The quantitative estimate of drug-likeness (QED) is 0.565. The van der Waals surface area contributed by atoms with E-state index in [9.17, 15) is 18.0 Å². The van der Waals surface area contributed by atoms with E-state index in [0.29, 0.717) is 23.0 Å². The Bertz CT molecular complexity index is 1230. The first-order valence-corrected chi connectivity index (χ1v) is 10.4. The molecule has 3 rings (SSSR count). The molecule has 0 saturated carbocycles. The Morgan fingerprint density at radius 1 is 1.10 bits per heavy atom. The average Bonchev–Trinajstić information content (AvgIpc) is 2.62. The van der Waals surface area contributed by atoms with Crippen molar-refractivity contribution in [1.82, 2.24) is 9.78 Å². The van der Waals surface area contributed by atoms with E-state index in [2.05, 4.69) is 15.1 Å². The number of nitrogens with one attached hydrogen (secondary N) is 2. The monoisotopic (exact) mass is 415 g/mol. The number of aromatic nitrogens is 2. The van der Waals surface area contributed by atoms with Gasteiger partial charge in [-0.2, -0.15) is 13.5 Å². The van der Waals surface area contributed by atoms with Crippen LogP contribution in [-0.2, 0) is 16.8 Å². The van der Waals surface area contributed by atoms with E-state index in [1.54, 1.807) is 36.4 Å². The van der Waals surface area contributed by atoms with Crippen LogP contribution in [0.5, 0.6) is 0 Å². The van der Waals surface area contributed by atoms with Gasteiger partial charge in [-0.3, -0.25) is 14.3 Å². The Kier molecular flexibility index (Phi) is 5.66. The van der Waals surface area contributed by atoms with Crippen molar-refractivity contribution < 1.29 is 13.2 Å². The molecule has 0 bridgehead atoms. The maximum atomic E-state index is 12.9. The summed E-state index contributed by atoms with van der Waals surface area (Å²) in [6, 6.07) is 12.9. The molecular formula is C19H21N5O4S. The summed E-state index contributed by atoms with van der Waals surface area (Å²) in [5, 5.41) is 12.8. The van der Waals surface area contributed by atoms with Gasteiger partial charge in [0.1, 0.15) is 0 Å². The number of rotatable bonds is 6. The normalized spacial score (nSPS) is 11.6. The fourth-order valence-electron chi connectivity index (χ4n) is 2.89. The van der Waals surface area contributed by atoms with Crippen molar-refractivity contribution in [3.8, 4) is 0 Å². The van der Waals surface area contributed by atoms with Crippen LogP contribution >= 0.6 is 0 Å². The van der Waals surface area contributed by atoms with E-state index in [-0.39, 0.29) is 22.9 Å². The van der Waals surface area contributed by atoms with Crippen molar-refractivity contribution in [2.45, 2.75) is 20.4 Å². The van der Waals surface area contributed by atoms with Crippen molar-refractivity contribution >= 4 is 38.3 Å². The summed E-state index contributed by atoms with van der Waals surface area (Å²) in [4.78, 5) is 25.6. The summed E-state index contributed by atoms with van der Waals surface area (Å²) < 4.78 is 25.8. The van der Waals surface area contributed by atoms with E-state index < -0.39 is 16.1 Å². The molecule has 10 heteroatoms. The van der Waals surface area contributed by atoms with Crippen LogP contribution in [0, 0.1) is 5.92 Å². The minimum absolute atomic E-state index is 0.102. The number of nitrogens with two attached hydrogens (primary N) is 1. The summed E-state index contributed by atoms with van der Waals surface area (Å²) in [6.07, 6.45) is 0. The Morgan fingerprint density at radius 3 is 2.41 bits per heavy atom. The van der Waals surface area contributed by atoms with Crippen LogP contribution in [0.3, 0.4) is 0 Å². The first-order chi connectivity index (χ1) is 13.6. The standard InChI is InChI=1S/C19H21N5O4S/c1-12(2)11-24-19(26)16-9-4-3-8-15(16)17(22-24)18(25)21-13-6-5-7-14(10-13)23-29(20,27)28/h3-10,12,23H,11H2,1-2H3,(H,21,25)(H2,20,27,28). The SMILES string of the molecule is CC(C)Cn1nc(C(=O)Nc2cccc(NS(N)(=O)=O)c2)c2ccccc2c1=O. The van der Waals surface area contributed by atoms with Gasteiger partial charge in [-0.05, 0) is 30.2 Å². The molecule has 1 amide bonds. The predicted molar refractivity (Wildman–Crippen MR) is 112 cm³/mol. The molecule has 152 valence electrons. The zero-order valence-corrected chi connectivity index (χ0v) is 16.7. The van der Waals surface area contributed by atoms with Crippen molar-refractivity contribution in [1.29, 1.82) is 0 Å². The molecular weight excluding hydrogens is 394 g/mol. The van der Waals surface area contributed by atoms with Gasteiger partial charge in [0.15, 0.2) is 5.69 Å². The summed E-state index contributed by atoms with van der Waals surface area (Å²) in [6.45, 7) is 4.28. The van der Waals surface area contributed by atoms with Crippen LogP contribution < -0.4 is 20.7 Å². The highest BCUT2D eigenvalue weighted by atomic mass is 32.2. The summed E-state index contributed by atoms with van der Waals surface area (Å²) in [5.74, 6) is -0.357. The van der Waals surface area contributed by atoms with Gasteiger partial charge in [-0.25, -0.2) is 9.82 Å². The van der Waals surface area contributed by atoms with Crippen LogP contribution in [-0.4, -0.2) is 24.1 Å². The highest BCUT2D eigenvalue weighted by Crippen LogP contribution is 2.19. The molecule has 0 saturated heterocycles. The minimum Gasteiger partial charge on any atom is -0.321 e. The van der Waals surface area contributed by atoms with E-state index in [4.69, 9.17) is 5.14 Å². The second kappa shape index (κ2) is 8.02. The van der Waals surface area contributed by atoms with Gasteiger partial charge in [0.05, 0.1) is 11.1 Å². The Labute approximate surface area is 167 Å². The lowest BCUT2D eigenvalue weighted by Gasteiger charge is -2.13. The fraction of sp³-hybridized carbons (Fsp3) is 0.211. The van der Waals surface area contributed by atoms with Gasteiger partial charge < -0.3 is 5.32 Å². The van der Waals surface area contributed by atoms with Crippen molar-refractivity contribution in [2.24, 2.45) is 11.1 Å². The van der Waals surface area contributed by atoms with E-state index in [1.165, 1.54) is 16.8 Å². The molecule has 1 aromatic heterocycles.